The summed E-state index contributed by atoms with van der Waals surface area (Å²) in [6.45, 7) is 1.17. The number of rotatable bonds is 5. The second-order valence-electron chi connectivity index (χ2n) is 6.40. The van der Waals surface area contributed by atoms with Crippen LogP contribution in [-0.2, 0) is 9.59 Å². The molecule has 2 amide bonds. The van der Waals surface area contributed by atoms with Crippen LogP contribution < -0.4 is 9.47 Å². The molecule has 1 aromatic rings. The van der Waals surface area contributed by atoms with Crippen LogP contribution in [0.4, 0.5) is 0 Å². The Hall–Kier alpha value is -2.21. The van der Waals surface area contributed by atoms with Crippen LogP contribution in [0.2, 0.25) is 5.02 Å². The Bertz CT molecular complexity index is 695. The lowest BCUT2D eigenvalue weighted by Gasteiger charge is -2.31. The first-order valence-electron chi connectivity index (χ1n) is 8.47. The van der Waals surface area contributed by atoms with Gasteiger partial charge < -0.3 is 19.3 Å². The number of methoxy groups -OCH3 is 2. The number of amides is 2. The molecule has 1 saturated heterocycles. The summed E-state index contributed by atoms with van der Waals surface area (Å²) in [6.07, 6.45) is 4.61. The predicted molar refractivity (Wildman–Crippen MR) is 102 cm³/mol. The number of hydrogen-bond acceptors (Lipinski definition) is 4. The Morgan fingerprint density at radius 3 is 2.38 bits per heavy atom. The number of carbonyl (C=O) groups excluding carboxylic acids is 2. The molecule has 0 atom stereocenters. The van der Waals surface area contributed by atoms with Crippen LogP contribution in [0.25, 0.3) is 6.08 Å². The van der Waals surface area contributed by atoms with Crippen LogP contribution in [0.5, 0.6) is 11.5 Å². The molecule has 0 unspecified atom stereocenters. The summed E-state index contributed by atoms with van der Waals surface area (Å²) in [7, 11) is 6.58. The van der Waals surface area contributed by atoms with Gasteiger partial charge in [-0.1, -0.05) is 11.6 Å². The molecule has 6 nitrogen and oxygen atoms in total. The largest absolute Gasteiger partial charge is 0.493 e. The van der Waals surface area contributed by atoms with E-state index in [-0.39, 0.29) is 17.7 Å². The number of hydrogen-bond donors (Lipinski definition) is 0. The fourth-order valence-corrected chi connectivity index (χ4v) is 3.32. The molecule has 7 heteroatoms. The number of nitrogens with zero attached hydrogens (tertiary/aromatic N) is 2. The van der Waals surface area contributed by atoms with Crippen LogP contribution >= 0.6 is 11.6 Å². The van der Waals surface area contributed by atoms with Gasteiger partial charge in [0.1, 0.15) is 0 Å². The highest BCUT2D eigenvalue weighted by Gasteiger charge is 2.27. The minimum atomic E-state index is -0.0772. The minimum absolute atomic E-state index is 0.00249. The number of piperidine rings is 1. The first kappa shape index (κ1) is 20.1. The third-order valence-electron chi connectivity index (χ3n) is 4.47. The van der Waals surface area contributed by atoms with E-state index >= 15 is 0 Å². The fraction of sp³-hybridized carbons (Fsp3) is 0.474. The minimum Gasteiger partial charge on any atom is -0.493 e. The van der Waals surface area contributed by atoms with E-state index < -0.39 is 0 Å². The molecule has 1 aliphatic rings. The first-order valence-corrected chi connectivity index (χ1v) is 8.84. The van der Waals surface area contributed by atoms with Crippen molar-refractivity contribution in [3.63, 3.8) is 0 Å². The lowest BCUT2D eigenvalue weighted by Crippen LogP contribution is -2.42. The number of benzene rings is 1. The summed E-state index contributed by atoms with van der Waals surface area (Å²) in [5, 5.41) is 0.418. The van der Waals surface area contributed by atoms with Crippen LogP contribution in [-0.4, -0.2) is 63.0 Å². The van der Waals surface area contributed by atoms with Crippen molar-refractivity contribution in [2.45, 2.75) is 12.8 Å². The summed E-state index contributed by atoms with van der Waals surface area (Å²) in [5.74, 6) is 1.03. The molecule has 0 bridgehead atoms. The Morgan fingerprint density at radius 1 is 1.19 bits per heavy atom. The van der Waals surface area contributed by atoms with Gasteiger partial charge in [-0.05, 0) is 36.6 Å². The van der Waals surface area contributed by atoms with Crippen molar-refractivity contribution < 1.29 is 19.1 Å². The summed E-state index contributed by atoms with van der Waals surface area (Å²) in [6, 6.07) is 3.48. The van der Waals surface area contributed by atoms with Gasteiger partial charge in [0.2, 0.25) is 11.8 Å². The SMILES string of the molecule is COc1cc(C=CC(=O)N2CCC(C(=O)N(C)C)CC2)cc(Cl)c1OC. The van der Waals surface area contributed by atoms with E-state index in [4.69, 9.17) is 21.1 Å². The topological polar surface area (TPSA) is 59.1 Å². The van der Waals surface area contributed by atoms with Gasteiger partial charge in [-0.3, -0.25) is 9.59 Å². The molecule has 0 saturated carbocycles. The molecule has 142 valence electrons. The average molecular weight is 381 g/mol. The Balaban J connectivity index is 2.00. The van der Waals surface area contributed by atoms with E-state index in [1.54, 1.807) is 42.1 Å². The van der Waals surface area contributed by atoms with Gasteiger partial charge in [0.25, 0.3) is 0 Å². The highest BCUT2D eigenvalue weighted by molar-refractivity contribution is 6.32. The molecular formula is C19H25ClN2O4. The van der Waals surface area contributed by atoms with Crippen LogP contribution in [0.15, 0.2) is 18.2 Å². The molecule has 0 spiro atoms. The molecule has 0 N–H and O–H groups in total. The summed E-state index contributed by atoms with van der Waals surface area (Å²) in [4.78, 5) is 27.8. The third-order valence-corrected chi connectivity index (χ3v) is 4.75. The zero-order valence-electron chi connectivity index (χ0n) is 15.6. The Morgan fingerprint density at radius 2 is 1.85 bits per heavy atom. The van der Waals surface area contributed by atoms with Crippen molar-refractivity contribution in [3.05, 3.63) is 28.8 Å². The van der Waals surface area contributed by atoms with Crippen molar-refractivity contribution >= 4 is 29.5 Å². The summed E-state index contributed by atoms with van der Waals surface area (Å²) >= 11 is 6.18. The van der Waals surface area contributed by atoms with E-state index in [2.05, 4.69) is 0 Å². The van der Waals surface area contributed by atoms with Gasteiger partial charge in [-0.2, -0.15) is 0 Å². The molecule has 1 heterocycles. The standard InChI is InChI=1S/C19H25ClN2O4/c1-21(2)19(24)14-7-9-22(10-8-14)17(23)6-5-13-11-15(20)18(26-4)16(12-13)25-3/h5-6,11-12,14H,7-10H2,1-4H3. The molecule has 1 aliphatic heterocycles. The van der Waals surface area contributed by atoms with E-state index in [1.165, 1.54) is 20.3 Å². The van der Waals surface area contributed by atoms with E-state index in [0.29, 0.717) is 42.5 Å². The van der Waals surface area contributed by atoms with Gasteiger partial charge in [-0.25, -0.2) is 0 Å². The van der Waals surface area contributed by atoms with Crippen LogP contribution in [0.3, 0.4) is 0 Å². The zero-order chi connectivity index (χ0) is 19.3. The third kappa shape index (κ3) is 4.69. The quantitative estimate of drug-likeness (QED) is 0.737. The Labute approximate surface area is 159 Å². The fourth-order valence-electron chi connectivity index (χ4n) is 3.02. The molecule has 26 heavy (non-hydrogen) atoms. The number of ether oxygens (including phenoxy) is 2. The van der Waals surface area contributed by atoms with Gasteiger partial charge in [0.15, 0.2) is 11.5 Å². The molecule has 1 aromatic carbocycles. The maximum Gasteiger partial charge on any atom is 0.246 e. The molecular weight excluding hydrogens is 356 g/mol. The lowest BCUT2D eigenvalue weighted by atomic mass is 9.95. The van der Waals surface area contributed by atoms with E-state index in [9.17, 15) is 9.59 Å². The molecule has 2 rings (SSSR count). The highest BCUT2D eigenvalue weighted by Crippen LogP contribution is 2.36. The molecule has 0 radical (unpaired) electrons. The molecule has 1 fully saturated rings. The van der Waals surface area contributed by atoms with Gasteiger partial charge in [0, 0.05) is 39.2 Å². The predicted octanol–water partition coefficient (Wildman–Crippen LogP) is 2.70. The second-order valence-corrected chi connectivity index (χ2v) is 6.81. The summed E-state index contributed by atoms with van der Waals surface area (Å²) in [5.41, 5.74) is 0.749. The first-order chi connectivity index (χ1) is 12.4. The smallest absolute Gasteiger partial charge is 0.246 e. The maximum absolute atomic E-state index is 12.4. The Kier molecular flexibility index (Phi) is 6.91. The number of likely N-dealkylation sites (tertiary alicyclic amines) is 1. The molecule has 0 aromatic heterocycles. The number of halogens is 1. The molecule has 0 aliphatic carbocycles. The zero-order valence-corrected chi connectivity index (χ0v) is 16.4. The monoisotopic (exact) mass is 380 g/mol. The van der Waals surface area contributed by atoms with Gasteiger partial charge >= 0.3 is 0 Å². The van der Waals surface area contributed by atoms with Crippen LogP contribution in [0.1, 0.15) is 18.4 Å². The summed E-state index contributed by atoms with van der Waals surface area (Å²) < 4.78 is 10.5. The van der Waals surface area contributed by atoms with E-state index in [0.717, 1.165) is 5.56 Å². The number of carbonyl (C=O) groups is 2. The second kappa shape index (κ2) is 8.94. The van der Waals surface area contributed by atoms with Crippen LogP contribution in [0, 0.1) is 5.92 Å². The van der Waals surface area contributed by atoms with Gasteiger partial charge in [0.05, 0.1) is 19.2 Å². The van der Waals surface area contributed by atoms with E-state index in [1.807, 2.05) is 0 Å². The van der Waals surface area contributed by atoms with Gasteiger partial charge in [-0.15, -0.1) is 0 Å². The lowest BCUT2D eigenvalue weighted by molar-refractivity contribution is -0.137. The van der Waals surface area contributed by atoms with Crippen molar-refractivity contribution in [2.24, 2.45) is 5.92 Å². The van der Waals surface area contributed by atoms with Crippen molar-refractivity contribution in [2.75, 3.05) is 41.4 Å². The average Bonchev–Trinajstić information content (AvgIpc) is 2.64. The van der Waals surface area contributed by atoms with Crippen molar-refractivity contribution in [3.8, 4) is 11.5 Å². The normalized spacial score (nSPS) is 15.2. The highest BCUT2D eigenvalue weighted by atomic mass is 35.5. The van der Waals surface area contributed by atoms with Crippen molar-refractivity contribution in [1.29, 1.82) is 0 Å². The maximum atomic E-state index is 12.4. The van der Waals surface area contributed by atoms with Crippen molar-refractivity contribution in [1.82, 2.24) is 9.80 Å².